The monoisotopic (exact) mass is 247 g/mol. The predicted octanol–water partition coefficient (Wildman–Crippen LogP) is 1.15. The highest BCUT2D eigenvalue weighted by Gasteiger charge is 2.35. The molecule has 0 saturated heterocycles. The Kier molecular flexibility index (Phi) is 3.56. The number of sulfonamides is 1. The molecule has 4 nitrogen and oxygen atoms in total. The SMILES string of the molecule is O=S(=O)(NCC1(O)CCCC1)C1CCCC1. The second-order valence-corrected chi connectivity index (χ2v) is 7.25. The summed E-state index contributed by atoms with van der Waals surface area (Å²) >= 11 is 0. The van der Waals surface area contributed by atoms with Gasteiger partial charge in [-0.15, -0.1) is 0 Å². The molecule has 0 aliphatic heterocycles. The van der Waals surface area contributed by atoms with Gasteiger partial charge in [0.2, 0.25) is 10.0 Å². The fourth-order valence-corrected chi connectivity index (χ4v) is 4.42. The maximum Gasteiger partial charge on any atom is 0.214 e. The predicted molar refractivity (Wildman–Crippen MR) is 62.6 cm³/mol. The van der Waals surface area contributed by atoms with Crippen molar-refractivity contribution < 1.29 is 13.5 Å². The summed E-state index contributed by atoms with van der Waals surface area (Å²) < 4.78 is 26.4. The average molecular weight is 247 g/mol. The van der Waals surface area contributed by atoms with Crippen LogP contribution in [0.2, 0.25) is 0 Å². The van der Waals surface area contributed by atoms with E-state index in [1.165, 1.54) is 0 Å². The molecule has 0 radical (unpaired) electrons. The molecule has 2 aliphatic rings. The molecule has 0 atom stereocenters. The van der Waals surface area contributed by atoms with Crippen molar-refractivity contribution in [2.24, 2.45) is 0 Å². The summed E-state index contributed by atoms with van der Waals surface area (Å²) in [6.45, 7) is 0.200. The van der Waals surface area contributed by atoms with Crippen molar-refractivity contribution in [3.05, 3.63) is 0 Å². The van der Waals surface area contributed by atoms with Gasteiger partial charge in [-0.05, 0) is 25.7 Å². The van der Waals surface area contributed by atoms with E-state index in [2.05, 4.69) is 4.72 Å². The fraction of sp³-hybridized carbons (Fsp3) is 1.00. The summed E-state index contributed by atoms with van der Waals surface area (Å²) in [5.74, 6) is 0. The summed E-state index contributed by atoms with van der Waals surface area (Å²) in [6, 6.07) is 0. The molecule has 0 unspecified atom stereocenters. The maximum absolute atomic E-state index is 11.9. The minimum atomic E-state index is -3.20. The van der Waals surface area contributed by atoms with Crippen LogP contribution in [0, 0.1) is 0 Å². The second kappa shape index (κ2) is 4.63. The Labute approximate surface area is 97.5 Å². The molecular formula is C11H21NO3S. The van der Waals surface area contributed by atoms with Crippen molar-refractivity contribution in [1.29, 1.82) is 0 Å². The first-order chi connectivity index (χ1) is 7.52. The first kappa shape index (κ1) is 12.3. The van der Waals surface area contributed by atoms with Crippen LogP contribution < -0.4 is 4.72 Å². The molecule has 0 spiro atoms. The second-order valence-electron chi connectivity index (χ2n) is 5.20. The van der Waals surface area contributed by atoms with E-state index in [4.69, 9.17) is 0 Å². The molecule has 2 N–H and O–H groups in total. The normalized spacial score (nSPS) is 26.3. The quantitative estimate of drug-likeness (QED) is 0.783. The zero-order valence-electron chi connectivity index (χ0n) is 9.61. The number of rotatable bonds is 4. The van der Waals surface area contributed by atoms with Gasteiger partial charge in [-0.1, -0.05) is 25.7 Å². The lowest BCUT2D eigenvalue weighted by atomic mass is 10.0. The summed E-state index contributed by atoms with van der Waals surface area (Å²) in [7, 11) is -3.20. The molecule has 2 rings (SSSR count). The Hall–Kier alpha value is -0.130. The molecule has 0 aromatic carbocycles. The van der Waals surface area contributed by atoms with Crippen molar-refractivity contribution in [2.45, 2.75) is 62.2 Å². The summed E-state index contributed by atoms with van der Waals surface area (Å²) in [5, 5.41) is 9.85. The molecule has 0 heterocycles. The molecule has 0 bridgehead atoms. The zero-order valence-corrected chi connectivity index (χ0v) is 10.4. The Morgan fingerprint density at radius 2 is 1.69 bits per heavy atom. The molecule has 16 heavy (non-hydrogen) atoms. The van der Waals surface area contributed by atoms with Crippen LogP contribution in [0.15, 0.2) is 0 Å². The number of aliphatic hydroxyl groups is 1. The smallest absolute Gasteiger partial charge is 0.214 e. The number of hydrogen-bond acceptors (Lipinski definition) is 3. The highest BCUT2D eigenvalue weighted by Crippen LogP contribution is 2.29. The van der Waals surface area contributed by atoms with Crippen molar-refractivity contribution in [2.75, 3.05) is 6.54 Å². The van der Waals surface area contributed by atoms with Crippen molar-refractivity contribution in [1.82, 2.24) is 4.72 Å². The van der Waals surface area contributed by atoms with Crippen LogP contribution in [0.4, 0.5) is 0 Å². The van der Waals surface area contributed by atoms with Gasteiger partial charge < -0.3 is 5.11 Å². The van der Waals surface area contributed by atoms with Gasteiger partial charge in [-0.3, -0.25) is 0 Å². The first-order valence-corrected chi connectivity index (χ1v) is 7.77. The van der Waals surface area contributed by atoms with Gasteiger partial charge in [0, 0.05) is 6.54 Å². The van der Waals surface area contributed by atoms with Gasteiger partial charge in [0.05, 0.1) is 10.9 Å². The highest BCUT2D eigenvalue weighted by atomic mass is 32.2. The first-order valence-electron chi connectivity index (χ1n) is 6.23. The minimum absolute atomic E-state index is 0.200. The van der Waals surface area contributed by atoms with E-state index >= 15 is 0 Å². The molecule has 2 aliphatic carbocycles. The van der Waals surface area contributed by atoms with Crippen LogP contribution in [0.3, 0.4) is 0 Å². The zero-order chi connectivity index (χ0) is 11.6. The molecule has 5 heteroatoms. The van der Waals surface area contributed by atoms with Crippen LogP contribution in [0.1, 0.15) is 51.4 Å². The fourth-order valence-electron chi connectivity index (χ4n) is 2.76. The van der Waals surface area contributed by atoms with Gasteiger partial charge >= 0.3 is 0 Å². The van der Waals surface area contributed by atoms with Crippen LogP contribution in [0.5, 0.6) is 0 Å². The van der Waals surface area contributed by atoms with Crippen LogP contribution in [0.25, 0.3) is 0 Å². The molecule has 0 aromatic heterocycles. The number of hydrogen-bond donors (Lipinski definition) is 2. The van der Waals surface area contributed by atoms with Crippen molar-refractivity contribution in [3.63, 3.8) is 0 Å². The average Bonchev–Trinajstić information content (AvgIpc) is 2.86. The van der Waals surface area contributed by atoms with E-state index in [0.29, 0.717) is 0 Å². The third-order valence-electron chi connectivity index (χ3n) is 3.88. The summed E-state index contributed by atoms with van der Waals surface area (Å²) in [6.07, 6.45) is 7.01. The molecular weight excluding hydrogens is 226 g/mol. The van der Waals surface area contributed by atoms with Gasteiger partial charge in [0.15, 0.2) is 0 Å². The van der Waals surface area contributed by atoms with Gasteiger partial charge in [0.1, 0.15) is 0 Å². The van der Waals surface area contributed by atoms with E-state index in [1.807, 2.05) is 0 Å². The third kappa shape index (κ3) is 2.76. The van der Waals surface area contributed by atoms with E-state index < -0.39 is 15.6 Å². The van der Waals surface area contributed by atoms with Crippen molar-refractivity contribution in [3.8, 4) is 0 Å². The summed E-state index contributed by atoms with van der Waals surface area (Å²) in [4.78, 5) is 0. The largest absolute Gasteiger partial charge is 0.389 e. The Balaban J connectivity index is 1.88. The number of nitrogens with one attached hydrogen (secondary N) is 1. The van der Waals surface area contributed by atoms with E-state index in [0.717, 1.165) is 51.4 Å². The van der Waals surface area contributed by atoms with E-state index in [-0.39, 0.29) is 11.8 Å². The minimum Gasteiger partial charge on any atom is -0.389 e. The van der Waals surface area contributed by atoms with Crippen molar-refractivity contribution >= 4 is 10.0 Å². The lowest BCUT2D eigenvalue weighted by Gasteiger charge is -2.23. The van der Waals surface area contributed by atoms with Gasteiger partial charge in [-0.2, -0.15) is 0 Å². The molecule has 94 valence electrons. The topological polar surface area (TPSA) is 66.4 Å². The lowest BCUT2D eigenvalue weighted by Crippen LogP contribution is -2.43. The molecule has 2 fully saturated rings. The Bertz CT molecular complexity index is 327. The third-order valence-corrected chi connectivity index (χ3v) is 5.77. The Morgan fingerprint density at radius 1 is 1.12 bits per heavy atom. The Morgan fingerprint density at radius 3 is 2.25 bits per heavy atom. The molecule has 0 amide bonds. The standard InChI is InChI=1S/C11H21NO3S/c13-11(7-3-4-8-11)9-12-16(14,15)10-5-1-2-6-10/h10,12-13H,1-9H2. The maximum atomic E-state index is 11.9. The van der Waals surface area contributed by atoms with E-state index in [1.54, 1.807) is 0 Å². The van der Waals surface area contributed by atoms with Gasteiger partial charge in [0.25, 0.3) is 0 Å². The lowest BCUT2D eigenvalue weighted by molar-refractivity contribution is 0.0531. The molecule has 2 saturated carbocycles. The van der Waals surface area contributed by atoms with Gasteiger partial charge in [-0.25, -0.2) is 13.1 Å². The van der Waals surface area contributed by atoms with Crippen LogP contribution >= 0.6 is 0 Å². The molecule has 0 aromatic rings. The van der Waals surface area contributed by atoms with Crippen LogP contribution in [-0.2, 0) is 10.0 Å². The van der Waals surface area contributed by atoms with Crippen LogP contribution in [-0.4, -0.2) is 30.9 Å². The summed E-state index contributed by atoms with van der Waals surface area (Å²) in [5.41, 5.74) is -0.786. The van der Waals surface area contributed by atoms with E-state index in [9.17, 15) is 13.5 Å². The highest BCUT2D eigenvalue weighted by molar-refractivity contribution is 7.90.